The first kappa shape index (κ1) is 26.8. The van der Waals surface area contributed by atoms with Gasteiger partial charge in [0, 0.05) is 50.8 Å². The summed E-state index contributed by atoms with van der Waals surface area (Å²) in [7, 11) is -0.982. The number of benzene rings is 4. The molecule has 0 heterocycles. The summed E-state index contributed by atoms with van der Waals surface area (Å²) in [6.45, 7) is 0. The molecular weight excluding hydrogens is 521 g/mol. The van der Waals surface area contributed by atoms with E-state index in [4.69, 9.17) is 0 Å². The van der Waals surface area contributed by atoms with Gasteiger partial charge in [-0.3, -0.25) is 13.8 Å². The van der Waals surface area contributed by atoms with Crippen molar-refractivity contribution >= 4 is 56.4 Å². The van der Waals surface area contributed by atoms with Gasteiger partial charge in [-0.2, -0.15) is 11.8 Å². The molecule has 1 atom stereocenters. The molecule has 2 aliphatic carbocycles. The Labute approximate surface area is 236 Å². The van der Waals surface area contributed by atoms with Crippen molar-refractivity contribution in [2.24, 2.45) is 0 Å². The van der Waals surface area contributed by atoms with E-state index in [-0.39, 0.29) is 11.6 Å². The summed E-state index contributed by atoms with van der Waals surface area (Å²) in [5, 5.41) is 0. The quantitative estimate of drug-likeness (QED) is 0.253. The lowest BCUT2D eigenvalue weighted by Crippen LogP contribution is -2.00. The van der Waals surface area contributed by atoms with Crippen LogP contribution in [0.5, 0.6) is 0 Å². The maximum Gasteiger partial charge on any atom is 0.194 e. The van der Waals surface area contributed by atoms with Crippen molar-refractivity contribution in [2.75, 3.05) is 24.0 Å². The summed E-state index contributed by atoms with van der Waals surface area (Å²) in [5.41, 5.74) is 9.13. The Kier molecular flexibility index (Phi) is 8.20. The molecule has 39 heavy (non-hydrogen) atoms. The maximum atomic E-state index is 12.6. The molecule has 0 amide bonds. The molecule has 2 aliphatic rings. The van der Waals surface area contributed by atoms with Crippen molar-refractivity contribution in [3.63, 3.8) is 0 Å². The second kappa shape index (κ2) is 11.9. The normalized spacial score (nSPS) is 14.6. The zero-order valence-electron chi connectivity index (χ0n) is 21.8. The molecule has 0 fully saturated rings. The van der Waals surface area contributed by atoms with Crippen LogP contribution in [0, 0.1) is 0 Å². The highest BCUT2D eigenvalue weighted by Gasteiger charge is 2.31. The fourth-order valence-electron chi connectivity index (χ4n) is 5.17. The molecule has 4 aromatic carbocycles. The topological polar surface area (TPSA) is 51.2 Å². The average Bonchev–Trinajstić information content (AvgIpc) is 3.40. The summed E-state index contributed by atoms with van der Waals surface area (Å²) in [6.07, 6.45) is 3.74. The summed E-state index contributed by atoms with van der Waals surface area (Å²) in [5.74, 6) is 1.47. The van der Waals surface area contributed by atoms with Gasteiger partial charge in [0.1, 0.15) is 0 Å². The number of rotatable bonds is 6. The van der Waals surface area contributed by atoms with Crippen LogP contribution in [0.3, 0.4) is 0 Å². The third kappa shape index (κ3) is 5.38. The predicted molar refractivity (Wildman–Crippen MR) is 165 cm³/mol. The minimum Gasteiger partial charge on any atom is -0.289 e. The van der Waals surface area contributed by atoms with Gasteiger partial charge in [-0.05, 0) is 39.7 Å². The van der Waals surface area contributed by atoms with E-state index in [1.165, 1.54) is 5.57 Å². The fourth-order valence-corrected chi connectivity index (χ4v) is 6.46. The molecule has 1 unspecified atom stereocenters. The second-order valence-electron chi connectivity index (χ2n) is 9.34. The number of hydrogen-bond donors (Lipinski definition) is 0. The summed E-state index contributed by atoms with van der Waals surface area (Å²) in [6, 6.07) is 35.0. The Hall–Kier alpha value is -3.80. The Morgan fingerprint density at radius 1 is 0.564 bits per heavy atom. The zero-order valence-corrected chi connectivity index (χ0v) is 23.5. The first-order valence-electron chi connectivity index (χ1n) is 12.7. The molecular formula is C34H28O3S2. The van der Waals surface area contributed by atoms with Gasteiger partial charge in [0.2, 0.25) is 0 Å². The van der Waals surface area contributed by atoms with Gasteiger partial charge >= 0.3 is 0 Å². The third-order valence-corrected chi connectivity index (χ3v) is 8.09. The Morgan fingerprint density at radius 2 is 0.949 bits per heavy atom. The van der Waals surface area contributed by atoms with Gasteiger partial charge in [-0.1, -0.05) is 109 Å². The van der Waals surface area contributed by atoms with Crippen molar-refractivity contribution in [1.29, 1.82) is 0 Å². The highest BCUT2D eigenvalue weighted by atomic mass is 32.2. The van der Waals surface area contributed by atoms with Crippen molar-refractivity contribution < 1.29 is 13.8 Å². The Balaban J connectivity index is 0.000000158. The van der Waals surface area contributed by atoms with E-state index in [1.807, 2.05) is 103 Å². The van der Waals surface area contributed by atoms with E-state index in [1.54, 1.807) is 18.0 Å². The summed E-state index contributed by atoms with van der Waals surface area (Å²) >= 11 is 1.75. The van der Waals surface area contributed by atoms with Gasteiger partial charge in [-0.15, -0.1) is 0 Å². The van der Waals surface area contributed by atoms with Gasteiger partial charge in [0.25, 0.3) is 0 Å². The van der Waals surface area contributed by atoms with E-state index in [0.717, 1.165) is 44.7 Å². The van der Waals surface area contributed by atoms with Crippen LogP contribution in [0.25, 0.3) is 22.3 Å². The first-order chi connectivity index (χ1) is 19.0. The maximum absolute atomic E-state index is 12.6. The van der Waals surface area contributed by atoms with Crippen LogP contribution in [0.2, 0.25) is 0 Å². The van der Waals surface area contributed by atoms with E-state index < -0.39 is 10.8 Å². The number of carbonyl (C=O) groups excluding carboxylic acids is 2. The smallest absolute Gasteiger partial charge is 0.194 e. The number of allylic oxidation sites excluding steroid dienone is 2. The van der Waals surface area contributed by atoms with Gasteiger partial charge in [0.05, 0.1) is 0 Å². The molecule has 5 heteroatoms. The van der Waals surface area contributed by atoms with Crippen LogP contribution in [-0.2, 0) is 10.8 Å². The molecule has 0 N–H and O–H groups in total. The average molecular weight is 549 g/mol. The third-order valence-electron chi connectivity index (χ3n) is 6.81. The van der Waals surface area contributed by atoms with Crippen molar-refractivity contribution in [2.45, 2.75) is 0 Å². The predicted octanol–water partition coefficient (Wildman–Crippen LogP) is 7.33. The molecule has 0 saturated carbocycles. The minimum atomic E-state index is -0.982. The molecule has 0 radical (unpaired) electrons. The number of Topliss-reactive ketones (excluding diaryl/α,β-unsaturated/α-hetero) is 2. The molecule has 0 aromatic heterocycles. The number of thioether (sulfide) groups is 1. The van der Waals surface area contributed by atoms with Crippen molar-refractivity contribution in [3.8, 4) is 0 Å². The van der Waals surface area contributed by atoms with Gasteiger partial charge in [-0.25, -0.2) is 0 Å². The zero-order chi connectivity index (χ0) is 27.4. The molecule has 4 aromatic rings. The van der Waals surface area contributed by atoms with Crippen LogP contribution in [0.15, 0.2) is 109 Å². The fraction of sp³-hybridized carbons (Fsp3) is 0.118. The number of hydrogen-bond acceptors (Lipinski definition) is 4. The van der Waals surface area contributed by atoms with Gasteiger partial charge < -0.3 is 0 Å². The standard InChI is InChI=1S/C17H14O2S.C17H14OS/c1-20(19)11-15-13-9-5-6-10-14(13)17(18)16(15)12-7-3-2-4-8-12;1-19-11-15-13-9-5-6-10-14(13)17(18)16(15)12-7-3-2-4-8-12/h2-10H,11H2,1H3;2-10H,11H2,1H3. The second-order valence-corrected chi connectivity index (χ2v) is 11.6. The monoisotopic (exact) mass is 548 g/mol. The minimum absolute atomic E-state index is 0.0345. The lowest BCUT2D eigenvalue weighted by Gasteiger charge is -2.06. The van der Waals surface area contributed by atoms with Gasteiger partial charge in [0.15, 0.2) is 11.6 Å². The van der Waals surface area contributed by atoms with Crippen LogP contribution in [-0.4, -0.2) is 39.8 Å². The van der Waals surface area contributed by atoms with E-state index in [0.29, 0.717) is 16.9 Å². The number of carbonyl (C=O) groups is 2. The molecule has 0 bridgehead atoms. The van der Waals surface area contributed by atoms with Crippen LogP contribution in [0.1, 0.15) is 43.0 Å². The van der Waals surface area contributed by atoms with Crippen molar-refractivity contribution in [3.05, 3.63) is 143 Å². The van der Waals surface area contributed by atoms with Crippen LogP contribution < -0.4 is 0 Å². The highest BCUT2D eigenvalue weighted by molar-refractivity contribution is 7.99. The molecule has 0 aliphatic heterocycles. The lowest BCUT2D eigenvalue weighted by molar-refractivity contribution is 0.105. The number of fused-ring (bicyclic) bond motifs is 2. The van der Waals surface area contributed by atoms with Crippen molar-refractivity contribution in [1.82, 2.24) is 0 Å². The molecule has 3 nitrogen and oxygen atoms in total. The molecule has 194 valence electrons. The van der Waals surface area contributed by atoms with E-state index >= 15 is 0 Å². The molecule has 0 saturated heterocycles. The van der Waals surface area contributed by atoms with E-state index in [9.17, 15) is 13.8 Å². The lowest BCUT2D eigenvalue weighted by atomic mass is 10.0. The first-order valence-corrected chi connectivity index (χ1v) is 15.8. The summed E-state index contributed by atoms with van der Waals surface area (Å²) in [4.78, 5) is 25.2. The van der Waals surface area contributed by atoms with Crippen LogP contribution >= 0.6 is 11.8 Å². The number of ketones is 2. The van der Waals surface area contributed by atoms with E-state index in [2.05, 4.69) is 12.3 Å². The largest absolute Gasteiger partial charge is 0.289 e. The highest BCUT2D eigenvalue weighted by Crippen LogP contribution is 2.40. The molecule has 6 rings (SSSR count). The Morgan fingerprint density at radius 3 is 1.38 bits per heavy atom. The Bertz CT molecular complexity index is 1630. The SMILES string of the molecule is CS(=O)CC1=C(c2ccccc2)C(=O)c2ccccc21.CSCC1=C(c2ccccc2)C(=O)c2ccccc21. The molecule has 0 spiro atoms. The summed E-state index contributed by atoms with van der Waals surface area (Å²) < 4.78 is 11.7. The van der Waals surface area contributed by atoms with Crippen LogP contribution in [0.4, 0.5) is 0 Å².